The number of likely N-dealkylation sites (tertiary alicyclic amines) is 1. The zero-order valence-electron chi connectivity index (χ0n) is 33.6. The zero-order chi connectivity index (χ0) is 40.7. The molecule has 6 atom stereocenters. The van der Waals surface area contributed by atoms with Crippen molar-refractivity contribution in [3.05, 3.63) is 88.6 Å². The van der Waals surface area contributed by atoms with E-state index in [0.717, 1.165) is 43.6 Å². The maximum Gasteiger partial charge on any atom is 0.246 e. The number of benzene rings is 3. The molecule has 1 fully saturated rings. The molecule has 0 aliphatic carbocycles. The average molecular weight is 784 g/mol. The van der Waals surface area contributed by atoms with Crippen LogP contribution < -0.4 is 16.4 Å². The molecule has 1 aliphatic heterocycles. The number of hydrogen-bond donors (Lipinski definition) is 4. The van der Waals surface area contributed by atoms with E-state index in [9.17, 15) is 24.3 Å². The molecular formula is C44H57N5O6S. The number of nitrogens with two attached hydrogens (primary N) is 1. The van der Waals surface area contributed by atoms with Crippen molar-refractivity contribution in [2.45, 2.75) is 118 Å². The molecule has 12 heteroatoms. The minimum atomic E-state index is -0.907. The number of thiazole rings is 1. The van der Waals surface area contributed by atoms with Crippen LogP contribution in [0.1, 0.15) is 95.7 Å². The average Bonchev–Trinajstić information content (AvgIpc) is 3.78. The Morgan fingerprint density at radius 3 is 2.29 bits per heavy atom. The number of primary amides is 1. The summed E-state index contributed by atoms with van der Waals surface area (Å²) in [5.74, 6) is -1.12. The Morgan fingerprint density at radius 2 is 1.64 bits per heavy atom. The van der Waals surface area contributed by atoms with Gasteiger partial charge in [-0.25, -0.2) is 4.98 Å². The molecule has 3 aromatic carbocycles. The van der Waals surface area contributed by atoms with E-state index in [-0.39, 0.29) is 55.2 Å². The first-order valence-electron chi connectivity index (χ1n) is 19.5. The highest BCUT2D eigenvalue weighted by Gasteiger charge is 2.44. The number of aryl methyl sites for hydroxylation is 2. The van der Waals surface area contributed by atoms with Crippen LogP contribution in [0.2, 0.25) is 0 Å². The quantitative estimate of drug-likeness (QED) is 0.102. The lowest BCUT2D eigenvalue weighted by Gasteiger charge is -2.35. The van der Waals surface area contributed by atoms with E-state index in [2.05, 4.69) is 40.7 Å². The summed E-state index contributed by atoms with van der Waals surface area (Å²) in [7, 11) is 0. The first-order chi connectivity index (χ1) is 26.5. The lowest BCUT2D eigenvalue weighted by Crippen LogP contribution is -2.57. The second-order valence-electron chi connectivity index (χ2n) is 16.4. The van der Waals surface area contributed by atoms with Crippen LogP contribution in [0.5, 0.6) is 0 Å². The highest BCUT2D eigenvalue weighted by Crippen LogP contribution is 2.30. The highest BCUT2D eigenvalue weighted by molar-refractivity contribution is 7.13. The second-order valence-corrected chi connectivity index (χ2v) is 17.3. The van der Waals surface area contributed by atoms with Gasteiger partial charge in [0.05, 0.1) is 40.9 Å². The summed E-state index contributed by atoms with van der Waals surface area (Å²) in [6.45, 7) is 14.0. The van der Waals surface area contributed by atoms with E-state index >= 15 is 0 Å². The van der Waals surface area contributed by atoms with Gasteiger partial charge in [0.1, 0.15) is 12.1 Å². The molecule has 0 radical (unpaired) electrons. The molecular weight excluding hydrogens is 727 g/mol. The maximum absolute atomic E-state index is 14.2. The van der Waals surface area contributed by atoms with E-state index in [1.165, 1.54) is 4.90 Å². The summed E-state index contributed by atoms with van der Waals surface area (Å²) in [4.78, 5) is 59.3. The van der Waals surface area contributed by atoms with Crippen molar-refractivity contribution in [3.8, 4) is 10.4 Å². The van der Waals surface area contributed by atoms with Crippen molar-refractivity contribution in [3.63, 3.8) is 0 Å². The minimum absolute atomic E-state index is 0.00794. The van der Waals surface area contributed by atoms with Crippen molar-refractivity contribution >= 4 is 45.7 Å². The summed E-state index contributed by atoms with van der Waals surface area (Å²) >= 11 is 1.58. The number of nitrogens with one attached hydrogen (secondary N) is 2. The van der Waals surface area contributed by atoms with E-state index in [4.69, 9.17) is 10.5 Å². The summed E-state index contributed by atoms with van der Waals surface area (Å²) in [6.07, 6.45) is 0.881. The molecule has 11 nitrogen and oxygen atoms in total. The summed E-state index contributed by atoms with van der Waals surface area (Å²) in [5, 5.41) is 18.8. The maximum atomic E-state index is 14.2. The number of hydrogen-bond acceptors (Lipinski definition) is 8. The molecule has 2 heterocycles. The van der Waals surface area contributed by atoms with Crippen molar-refractivity contribution in [1.82, 2.24) is 20.5 Å². The lowest BCUT2D eigenvalue weighted by atomic mass is 9.85. The Balaban J connectivity index is 1.18. The topological polar surface area (TPSA) is 164 Å². The molecule has 1 aliphatic rings. The van der Waals surface area contributed by atoms with Crippen LogP contribution in [-0.4, -0.2) is 69.5 Å². The Labute approximate surface area is 334 Å². The van der Waals surface area contributed by atoms with Crippen molar-refractivity contribution < 1.29 is 29.0 Å². The minimum Gasteiger partial charge on any atom is -0.391 e. The molecule has 0 unspecified atom stereocenters. The fourth-order valence-electron chi connectivity index (χ4n) is 7.09. The van der Waals surface area contributed by atoms with Crippen molar-refractivity contribution in [2.24, 2.45) is 17.1 Å². The molecule has 4 aromatic rings. The smallest absolute Gasteiger partial charge is 0.246 e. The number of ether oxygens (including phenoxy) is 1. The number of amides is 4. The van der Waals surface area contributed by atoms with E-state index in [0.29, 0.717) is 25.9 Å². The van der Waals surface area contributed by atoms with E-state index in [1.54, 1.807) is 11.3 Å². The first kappa shape index (κ1) is 42.5. The van der Waals surface area contributed by atoms with Crippen LogP contribution in [0.4, 0.5) is 0 Å². The van der Waals surface area contributed by atoms with Gasteiger partial charge in [-0.3, -0.25) is 19.2 Å². The van der Waals surface area contributed by atoms with Crippen LogP contribution in [0.15, 0.2) is 66.2 Å². The standard InChI is InChI=1S/C44H57N5O6S/c1-26(8-18-38(45)51)29(4)55-24-31-10-13-33-12-9-30(20-35(33)21-31)11-19-39(52)48-41(44(5,6)7)43(54)49-23-36(50)22-37(49)42(53)47-27(2)32-14-16-34(17-15-32)40-28(3)46-25-56-40/h9-10,12-17,20-21,25-27,29,36-37,41,50H,8,11,18-19,22-24H2,1-7H3,(H2,45,51)(H,47,53)(H,48,52)/t26-,27-,29+,36+,37-,41+/m0/s1. The third-order valence-electron chi connectivity index (χ3n) is 10.8. The van der Waals surface area contributed by atoms with Gasteiger partial charge in [-0.2, -0.15) is 0 Å². The molecule has 4 amide bonds. The zero-order valence-corrected chi connectivity index (χ0v) is 34.4. The molecule has 56 heavy (non-hydrogen) atoms. The second kappa shape index (κ2) is 18.5. The number of fused-ring (bicyclic) bond motifs is 1. The van der Waals surface area contributed by atoms with Crippen LogP contribution in [-0.2, 0) is 36.9 Å². The Bertz CT molecular complexity index is 2010. The number of aliphatic hydroxyl groups is 1. The van der Waals surface area contributed by atoms with E-state index < -0.39 is 29.5 Å². The van der Waals surface area contributed by atoms with Gasteiger partial charge in [0.15, 0.2) is 0 Å². The number of aromatic nitrogens is 1. The molecule has 300 valence electrons. The molecule has 1 aromatic heterocycles. The third-order valence-corrected chi connectivity index (χ3v) is 11.8. The SMILES string of the molecule is Cc1ncsc1-c1ccc([C@H](C)NC(=O)[C@@H]2C[C@@H](O)CN2C(=O)[C@@H](NC(=O)CCc2ccc3ccc(CO[C@H](C)[C@@H](C)CCC(N)=O)cc3c2)C(C)(C)C)cc1. The van der Waals surface area contributed by atoms with Crippen molar-refractivity contribution in [1.29, 1.82) is 0 Å². The number of nitrogens with zero attached hydrogens (tertiary/aromatic N) is 2. The summed E-state index contributed by atoms with van der Waals surface area (Å²) < 4.78 is 6.11. The molecule has 0 spiro atoms. The van der Waals surface area contributed by atoms with Crippen molar-refractivity contribution in [2.75, 3.05) is 6.54 Å². The van der Waals surface area contributed by atoms with Crippen LogP contribution in [0.25, 0.3) is 21.2 Å². The fraction of sp³-hybridized carbons (Fsp3) is 0.477. The molecule has 0 saturated carbocycles. The highest BCUT2D eigenvalue weighted by atomic mass is 32.1. The Morgan fingerprint density at radius 1 is 0.964 bits per heavy atom. The lowest BCUT2D eigenvalue weighted by molar-refractivity contribution is -0.144. The van der Waals surface area contributed by atoms with Gasteiger partial charge in [-0.05, 0) is 84.0 Å². The molecule has 0 bridgehead atoms. The van der Waals surface area contributed by atoms with Gasteiger partial charge in [-0.1, -0.05) is 82.3 Å². The largest absolute Gasteiger partial charge is 0.391 e. The van der Waals surface area contributed by atoms with Gasteiger partial charge in [0, 0.05) is 25.8 Å². The Kier molecular flexibility index (Phi) is 14.1. The molecule has 5 N–H and O–H groups in total. The third kappa shape index (κ3) is 11.0. The number of aliphatic hydroxyl groups excluding tert-OH is 1. The number of rotatable bonds is 16. The van der Waals surface area contributed by atoms with Gasteiger partial charge in [0.25, 0.3) is 0 Å². The fourth-order valence-corrected chi connectivity index (χ4v) is 7.91. The van der Waals surface area contributed by atoms with Gasteiger partial charge in [0.2, 0.25) is 23.6 Å². The van der Waals surface area contributed by atoms with E-state index in [1.807, 2.05) is 89.5 Å². The summed E-state index contributed by atoms with van der Waals surface area (Å²) in [5.41, 5.74) is 11.4. The van der Waals surface area contributed by atoms with Crippen LogP contribution in [0.3, 0.4) is 0 Å². The van der Waals surface area contributed by atoms with Crippen LogP contribution >= 0.6 is 11.3 Å². The Hall–Kier alpha value is -4.65. The predicted octanol–water partition coefficient (Wildman–Crippen LogP) is 6.38. The number of carbonyl (C=O) groups is 4. The molecule has 5 rings (SSSR count). The monoisotopic (exact) mass is 783 g/mol. The van der Waals surface area contributed by atoms with Gasteiger partial charge < -0.3 is 31.1 Å². The van der Waals surface area contributed by atoms with Crippen LogP contribution in [0, 0.1) is 18.3 Å². The molecule has 1 saturated heterocycles. The number of β-amino-alcohol motifs (C(OH)–C–C–N with tert-alkyl or cyclic N) is 1. The van der Waals surface area contributed by atoms with Gasteiger partial charge >= 0.3 is 0 Å². The first-order valence-corrected chi connectivity index (χ1v) is 20.4. The predicted molar refractivity (Wildman–Crippen MR) is 220 cm³/mol. The normalized spacial score (nSPS) is 18.0. The summed E-state index contributed by atoms with van der Waals surface area (Å²) in [6, 6.07) is 18.2. The number of carbonyl (C=O) groups excluding carboxylic acids is 4. The van der Waals surface area contributed by atoms with Gasteiger partial charge in [-0.15, -0.1) is 11.3 Å².